The smallest absolute Gasteiger partial charge is 0.211 e. The van der Waals surface area contributed by atoms with E-state index in [1.54, 1.807) is 14.2 Å². The predicted octanol–water partition coefficient (Wildman–Crippen LogP) is 1.78. The molecule has 0 unspecified atom stereocenters. The second kappa shape index (κ2) is 5.30. The summed E-state index contributed by atoms with van der Waals surface area (Å²) in [4.78, 5) is 0. The van der Waals surface area contributed by atoms with Gasteiger partial charge in [0.25, 0.3) is 0 Å². The van der Waals surface area contributed by atoms with Gasteiger partial charge in [0.15, 0.2) is 11.5 Å². The second-order valence-corrected chi connectivity index (χ2v) is 7.23. The van der Waals surface area contributed by atoms with Gasteiger partial charge in [-0.3, -0.25) is 0 Å². The quantitative estimate of drug-likeness (QED) is 0.834. The molecular weight excluding hydrogens is 334 g/mol. The Labute approximate surface area is 121 Å². The molecule has 1 aromatic carbocycles. The normalized spacial score (nSPS) is 16.0. The van der Waals surface area contributed by atoms with Gasteiger partial charge >= 0.3 is 0 Å². The lowest BCUT2D eigenvalue weighted by atomic mass is 9.99. The molecule has 1 aliphatic rings. The number of nitrogens with zero attached hydrogens (tertiary/aromatic N) is 1. The van der Waals surface area contributed by atoms with E-state index < -0.39 is 10.0 Å². The van der Waals surface area contributed by atoms with Crippen molar-refractivity contribution in [2.24, 2.45) is 0 Å². The molecule has 1 aromatic rings. The van der Waals surface area contributed by atoms with Crippen molar-refractivity contribution in [3.8, 4) is 11.5 Å². The Morgan fingerprint density at radius 2 is 1.95 bits per heavy atom. The zero-order chi connectivity index (χ0) is 14.2. The maximum atomic E-state index is 11.7. The lowest BCUT2D eigenvalue weighted by Gasteiger charge is -2.29. The van der Waals surface area contributed by atoms with E-state index in [0.29, 0.717) is 31.0 Å². The Morgan fingerprint density at radius 1 is 1.26 bits per heavy atom. The van der Waals surface area contributed by atoms with Crippen LogP contribution in [0, 0.1) is 0 Å². The highest BCUT2D eigenvalue weighted by molar-refractivity contribution is 9.10. The summed E-state index contributed by atoms with van der Waals surface area (Å²) in [5.74, 6) is 1.21. The molecule has 7 heteroatoms. The third kappa shape index (κ3) is 2.73. The summed E-state index contributed by atoms with van der Waals surface area (Å²) < 4.78 is 36.4. The summed E-state index contributed by atoms with van der Waals surface area (Å²) >= 11 is 3.50. The van der Waals surface area contributed by atoms with Gasteiger partial charge < -0.3 is 9.47 Å². The number of hydrogen-bond donors (Lipinski definition) is 0. The monoisotopic (exact) mass is 349 g/mol. The molecule has 0 aliphatic carbocycles. The largest absolute Gasteiger partial charge is 0.493 e. The maximum absolute atomic E-state index is 11.7. The van der Waals surface area contributed by atoms with Crippen LogP contribution >= 0.6 is 15.9 Å². The van der Waals surface area contributed by atoms with E-state index in [1.807, 2.05) is 6.07 Å². The first-order chi connectivity index (χ1) is 8.88. The minimum Gasteiger partial charge on any atom is -0.493 e. The lowest BCUT2D eigenvalue weighted by molar-refractivity contribution is 0.334. The first-order valence-corrected chi connectivity index (χ1v) is 8.40. The van der Waals surface area contributed by atoms with Crippen LogP contribution < -0.4 is 9.47 Å². The fourth-order valence-corrected chi connectivity index (χ4v) is 3.72. The summed E-state index contributed by atoms with van der Waals surface area (Å²) in [5.41, 5.74) is 1.95. The number of ether oxygens (including phenoxy) is 2. The summed E-state index contributed by atoms with van der Waals surface area (Å²) in [7, 11) is -0.0801. The highest BCUT2D eigenvalue weighted by Crippen LogP contribution is 2.41. The highest BCUT2D eigenvalue weighted by Gasteiger charge is 2.28. The van der Waals surface area contributed by atoms with Crippen LogP contribution in [0.5, 0.6) is 11.5 Å². The molecule has 0 fully saturated rings. The van der Waals surface area contributed by atoms with Gasteiger partial charge in [-0.1, -0.05) is 15.9 Å². The Hall–Kier alpha value is -0.790. The number of hydrogen-bond acceptors (Lipinski definition) is 4. The molecule has 0 N–H and O–H groups in total. The van der Waals surface area contributed by atoms with Crippen LogP contribution in [0.2, 0.25) is 0 Å². The zero-order valence-corrected chi connectivity index (χ0v) is 13.5. The summed E-state index contributed by atoms with van der Waals surface area (Å²) in [6.07, 6.45) is 1.88. The van der Waals surface area contributed by atoms with E-state index in [4.69, 9.17) is 9.47 Å². The fourth-order valence-electron chi connectivity index (χ4n) is 2.29. The molecule has 0 amide bonds. The van der Waals surface area contributed by atoms with Gasteiger partial charge in [0.2, 0.25) is 10.0 Å². The molecular formula is C12H16BrNO4S. The van der Waals surface area contributed by atoms with E-state index in [1.165, 1.54) is 10.6 Å². The summed E-state index contributed by atoms with van der Waals surface area (Å²) in [6, 6.07) is 1.85. The van der Waals surface area contributed by atoms with Gasteiger partial charge in [0, 0.05) is 23.1 Å². The van der Waals surface area contributed by atoms with Crippen molar-refractivity contribution in [2.45, 2.75) is 13.0 Å². The maximum Gasteiger partial charge on any atom is 0.211 e. The average molecular weight is 350 g/mol. The van der Waals surface area contributed by atoms with E-state index >= 15 is 0 Å². The van der Waals surface area contributed by atoms with Crippen LogP contribution in [0.25, 0.3) is 0 Å². The molecule has 19 heavy (non-hydrogen) atoms. The molecule has 1 aliphatic heterocycles. The molecule has 106 valence electrons. The standard InChI is InChI=1S/C12H16BrNO4S/c1-17-11-6-10(13)8-4-5-14(19(3,15)16)7-9(8)12(11)18-2/h6H,4-5,7H2,1-3H3. The average Bonchev–Trinajstić information content (AvgIpc) is 2.36. The van der Waals surface area contributed by atoms with Crippen LogP contribution in [0.4, 0.5) is 0 Å². The van der Waals surface area contributed by atoms with Gasteiger partial charge in [0.1, 0.15) is 0 Å². The molecule has 0 saturated carbocycles. The van der Waals surface area contributed by atoms with E-state index in [2.05, 4.69) is 15.9 Å². The van der Waals surface area contributed by atoms with E-state index in [9.17, 15) is 8.42 Å². The van der Waals surface area contributed by atoms with E-state index in [0.717, 1.165) is 15.6 Å². The predicted molar refractivity (Wildman–Crippen MR) is 76.2 cm³/mol. The number of methoxy groups -OCH3 is 2. The molecule has 0 aromatic heterocycles. The summed E-state index contributed by atoms with van der Waals surface area (Å²) in [5, 5.41) is 0. The van der Waals surface area contributed by atoms with Crippen molar-refractivity contribution >= 4 is 26.0 Å². The number of sulfonamides is 1. The molecule has 1 heterocycles. The molecule has 0 saturated heterocycles. The van der Waals surface area contributed by atoms with Crippen LogP contribution in [-0.2, 0) is 23.0 Å². The van der Waals surface area contributed by atoms with Crippen molar-refractivity contribution in [3.05, 3.63) is 21.7 Å². The van der Waals surface area contributed by atoms with E-state index in [-0.39, 0.29) is 0 Å². The van der Waals surface area contributed by atoms with Gasteiger partial charge in [-0.05, 0) is 18.1 Å². The topological polar surface area (TPSA) is 55.8 Å². The minimum absolute atomic E-state index is 0.313. The molecule has 5 nitrogen and oxygen atoms in total. The lowest BCUT2D eigenvalue weighted by Crippen LogP contribution is -2.35. The van der Waals surface area contributed by atoms with Crippen LogP contribution in [-0.4, -0.2) is 39.7 Å². The molecule has 0 spiro atoms. The fraction of sp³-hybridized carbons (Fsp3) is 0.500. The number of benzene rings is 1. The third-order valence-corrected chi connectivity index (χ3v) is 5.20. The van der Waals surface area contributed by atoms with Crippen LogP contribution in [0.1, 0.15) is 11.1 Å². The molecule has 0 radical (unpaired) electrons. The number of rotatable bonds is 3. The van der Waals surface area contributed by atoms with Crippen molar-refractivity contribution in [3.63, 3.8) is 0 Å². The third-order valence-electron chi connectivity index (χ3n) is 3.25. The van der Waals surface area contributed by atoms with Gasteiger partial charge in [-0.2, -0.15) is 4.31 Å². The minimum atomic E-state index is -3.20. The SMILES string of the molecule is COc1cc(Br)c2c(c1OC)CN(S(C)(=O)=O)CC2. The summed E-state index contributed by atoms with van der Waals surface area (Å²) in [6.45, 7) is 0.799. The van der Waals surface area contributed by atoms with Crippen LogP contribution in [0.3, 0.4) is 0 Å². The Bertz CT molecular complexity index is 600. The highest BCUT2D eigenvalue weighted by atomic mass is 79.9. The van der Waals surface area contributed by atoms with Gasteiger partial charge in [0.05, 0.1) is 20.5 Å². The second-order valence-electron chi connectivity index (χ2n) is 4.40. The molecule has 2 rings (SSSR count). The zero-order valence-electron chi connectivity index (χ0n) is 11.1. The van der Waals surface area contributed by atoms with Crippen LogP contribution in [0.15, 0.2) is 10.5 Å². The van der Waals surface area contributed by atoms with Crippen molar-refractivity contribution in [2.75, 3.05) is 27.0 Å². The van der Waals surface area contributed by atoms with Gasteiger partial charge in [-0.25, -0.2) is 8.42 Å². The van der Waals surface area contributed by atoms with Crippen molar-refractivity contribution in [1.82, 2.24) is 4.31 Å². The van der Waals surface area contributed by atoms with Gasteiger partial charge in [-0.15, -0.1) is 0 Å². The van der Waals surface area contributed by atoms with Crippen molar-refractivity contribution < 1.29 is 17.9 Å². The number of fused-ring (bicyclic) bond motifs is 1. The Kier molecular flexibility index (Phi) is 4.08. The first kappa shape index (κ1) is 14.6. The molecule has 0 atom stereocenters. The molecule has 0 bridgehead atoms. The number of halogens is 1. The Morgan fingerprint density at radius 3 is 2.47 bits per heavy atom. The first-order valence-electron chi connectivity index (χ1n) is 5.75. The van der Waals surface area contributed by atoms with Crippen molar-refractivity contribution in [1.29, 1.82) is 0 Å². The Balaban J connectivity index is 2.55.